The van der Waals surface area contributed by atoms with Gasteiger partial charge in [0.2, 0.25) is 5.91 Å². The average molecular weight is 275 g/mol. The number of piperidine rings is 1. The molecule has 1 aliphatic rings. The van der Waals surface area contributed by atoms with Crippen LogP contribution in [0.1, 0.15) is 38.3 Å². The Morgan fingerprint density at radius 1 is 1.50 bits per heavy atom. The molecule has 4 heteroatoms. The van der Waals surface area contributed by atoms with Gasteiger partial charge in [-0.05, 0) is 63.0 Å². The van der Waals surface area contributed by atoms with Crippen molar-refractivity contribution in [2.75, 3.05) is 25.0 Å². The van der Waals surface area contributed by atoms with Crippen molar-refractivity contribution in [2.24, 2.45) is 5.92 Å². The van der Waals surface area contributed by atoms with Gasteiger partial charge in [0.15, 0.2) is 0 Å². The Labute approximate surface area is 121 Å². The summed E-state index contributed by atoms with van der Waals surface area (Å²) in [6, 6.07) is 8.34. The van der Waals surface area contributed by atoms with E-state index in [2.05, 4.69) is 28.9 Å². The summed E-state index contributed by atoms with van der Waals surface area (Å²) in [7, 11) is 0. The van der Waals surface area contributed by atoms with Gasteiger partial charge in [-0.1, -0.05) is 12.1 Å². The molecule has 0 radical (unpaired) electrons. The molecular formula is C16H25N3O. The topological polar surface area (TPSA) is 53.2 Å². The summed E-state index contributed by atoms with van der Waals surface area (Å²) in [5, 5.41) is 9.87. The maximum Gasteiger partial charge on any atom is 0.221 e. The SMILES string of the molecule is CC(=O)Nc1cccc(C(C)NCC2CCCNC2)c1. The molecule has 1 amide bonds. The molecule has 2 rings (SSSR count). The van der Waals surface area contributed by atoms with Crippen molar-refractivity contribution in [3.63, 3.8) is 0 Å². The minimum absolute atomic E-state index is 0.0314. The van der Waals surface area contributed by atoms with Crippen molar-refractivity contribution in [3.8, 4) is 0 Å². The quantitative estimate of drug-likeness (QED) is 0.773. The maximum atomic E-state index is 11.1. The Kier molecular flexibility index (Phi) is 5.56. The molecule has 1 heterocycles. The van der Waals surface area contributed by atoms with Gasteiger partial charge in [0.05, 0.1) is 0 Å². The van der Waals surface area contributed by atoms with Crippen LogP contribution >= 0.6 is 0 Å². The zero-order chi connectivity index (χ0) is 14.4. The number of carbonyl (C=O) groups is 1. The second-order valence-corrected chi connectivity index (χ2v) is 5.65. The van der Waals surface area contributed by atoms with Gasteiger partial charge in [-0.2, -0.15) is 0 Å². The normalized spacial score (nSPS) is 20.4. The molecule has 4 nitrogen and oxygen atoms in total. The molecule has 0 aromatic heterocycles. The van der Waals surface area contributed by atoms with Gasteiger partial charge in [0.25, 0.3) is 0 Å². The van der Waals surface area contributed by atoms with Gasteiger partial charge in [0.1, 0.15) is 0 Å². The van der Waals surface area contributed by atoms with Gasteiger partial charge in [-0.3, -0.25) is 4.79 Å². The van der Waals surface area contributed by atoms with Crippen molar-refractivity contribution in [3.05, 3.63) is 29.8 Å². The molecule has 1 fully saturated rings. The van der Waals surface area contributed by atoms with Crippen molar-refractivity contribution in [2.45, 2.75) is 32.7 Å². The highest BCUT2D eigenvalue weighted by molar-refractivity contribution is 5.88. The number of carbonyl (C=O) groups excluding carboxylic acids is 1. The number of nitrogens with one attached hydrogen (secondary N) is 3. The standard InChI is InChI=1S/C16H25N3O/c1-12(18-11-14-5-4-8-17-10-14)15-6-3-7-16(9-15)19-13(2)20/h3,6-7,9,12,14,17-18H,4-5,8,10-11H2,1-2H3,(H,19,20). The lowest BCUT2D eigenvalue weighted by Crippen LogP contribution is -2.36. The van der Waals surface area contributed by atoms with E-state index in [1.54, 1.807) is 0 Å². The van der Waals surface area contributed by atoms with E-state index in [4.69, 9.17) is 0 Å². The monoisotopic (exact) mass is 275 g/mol. The predicted octanol–water partition coefficient (Wildman–Crippen LogP) is 2.30. The summed E-state index contributed by atoms with van der Waals surface area (Å²) in [5.74, 6) is 0.695. The average Bonchev–Trinajstić information content (AvgIpc) is 2.45. The summed E-state index contributed by atoms with van der Waals surface area (Å²) >= 11 is 0. The van der Waals surface area contributed by atoms with Crippen LogP contribution in [0.25, 0.3) is 0 Å². The number of amides is 1. The number of rotatable bonds is 5. The van der Waals surface area contributed by atoms with Crippen LogP contribution < -0.4 is 16.0 Å². The number of benzene rings is 1. The van der Waals surface area contributed by atoms with E-state index in [1.165, 1.54) is 25.3 Å². The van der Waals surface area contributed by atoms with E-state index < -0.39 is 0 Å². The fourth-order valence-electron chi connectivity index (χ4n) is 2.65. The largest absolute Gasteiger partial charge is 0.326 e. The van der Waals surface area contributed by atoms with E-state index in [-0.39, 0.29) is 5.91 Å². The third-order valence-corrected chi connectivity index (χ3v) is 3.82. The van der Waals surface area contributed by atoms with Crippen LogP contribution in [0.15, 0.2) is 24.3 Å². The molecule has 3 N–H and O–H groups in total. The number of hydrogen-bond donors (Lipinski definition) is 3. The zero-order valence-electron chi connectivity index (χ0n) is 12.4. The molecular weight excluding hydrogens is 250 g/mol. The molecule has 1 aromatic rings. The highest BCUT2D eigenvalue weighted by Crippen LogP contribution is 2.18. The van der Waals surface area contributed by atoms with Crippen LogP contribution in [0.3, 0.4) is 0 Å². The summed E-state index contributed by atoms with van der Waals surface area (Å²) in [5.41, 5.74) is 2.07. The number of anilines is 1. The van der Waals surface area contributed by atoms with Crippen molar-refractivity contribution >= 4 is 11.6 Å². The number of hydrogen-bond acceptors (Lipinski definition) is 3. The van der Waals surface area contributed by atoms with Gasteiger partial charge in [-0.25, -0.2) is 0 Å². The van der Waals surface area contributed by atoms with Crippen molar-refractivity contribution in [1.82, 2.24) is 10.6 Å². The molecule has 2 atom stereocenters. The van der Waals surface area contributed by atoms with Crippen molar-refractivity contribution in [1.29, 1.82) is 0 Å². The minimum atomic E-state index is -0.0314. The lowest BCUT2D eigenvalue weighted by atomic mass is 9.99. The van der Waals surface area contributed by atoms with E-state index in [1.807, 2.05) is 18.2 Å². The summed E-state index contributed by atoms with van der Waals surface area (Å²) in [4.78, 5) is 11.1. The second kappa shape index (κ2) is 7.41. The summed E-state index contributed by atoms with van der Waals surface area (Å²) < 4.78 is 0. The third kappa shape index (κ3) is 4.62. The first-order valence-electron chi connectivity index (χ1n) is 7.47. The van der Waals surface area contributed by atoms with Gasteiger partial charge >= 0.3 is 0 Å². The van der Waals surface area contributed by atoms with E-state index >= 15 is 0 Å². The maximum absolute atomic E-state index is 11.1. The van der Waals surface area contributed by atoms with Crippen molar-refractivity contribution < 1.29 is 4.79 Å². The Balaban J connectivity index is 1.87. The smallest absolute Gasteiger partial charge is 0.221 e. The van der Waals surface area contributed by atoms with Crippen LogP contribution in [0.2, 0.25) is 0 Å². The molecule has 2 unspecified atom stereocenters. The predicted molar refractivity (Wildman–Crippen MR) is 82.8 cm³/mol. The van der Waals surface area contributed by atoms with E-state index in [0.29, 0.717) is 6.04 Å². The van der Waals surface area contributed by atoms with E-state index in [9.17, 15) is 4.79 Å². The lowest BCUT2D eigenvalue weighted by molar-refractivity contribution is -0.114. The summed E-state index contributed by atoms with van der Waals surface area (Å²) in [6.45, 7) is 7.02. The van der Waals surface area contributed by atoms with Gasteiger partial charge in [-0.15, -0.1) is 0 Å². The first-order chi connectivity index (χ1) is 9.65. The first kappa shape index (κ1) is 15.0. The molecule has 0 saturated carbocycles. The van der Waals surface area contributed by atoms with Crippen LogP contribution in [0.5, 0.6) is 0 Å². The molecule has 20 heavy (non-hydrogen) atoms. The van der Waals surface area contributed by atoms with Gasteiger partial charge < -0.3 is 16.0 Å². The molecule has 0 bridgehead atoms. The van der Waals surface area contributed by atoms with E-state index in [0.717, 1.165) is 31.2 Å². The minimum Gasteiger partial charge on any atom is -0.326 e. The third-order valence-electron chi connectivity index (χ3n) is 3.82. The molecule has 1 saturated heterocycles. The lowest BCUT2D eigenvalue weighted by Gasteiger charge is -2.25. The molecule has 0 spiro atoms. The van der Waals surface area contributed by atoms with Crippen LogP contribution in [0, 0.1) is 5.92 Å². The zero-order valence-corrected chi connectivity index (χ0v) is 12.4. The Morgan fingerprint density at radius 2 is 2.35 bits per heavy atom. The Hall–Kier alpha value is -1.39. The molecule has 110 valence electrons. The Morgan fingerprint density at radius 3 is 3.05 bits per heavy atom. The Bertz CT molecular complexity index is 441. The highest BCUT2D eigenvalue weighted by atomic mass is 16.1. The fourth-order valence-corrected chi connectivity index (χ4v) is 2.65. The molecule has 0 aliphatic carbocycles. The molecule has 1 aliphatic heterocycles. The van der Waals surface area contributed by atoms with Gasteiger partial charge in [0, 0.05) is 18.7 Å². The van der Waals surface area contributed by atoms with Crippen LogP contribution in [-0.4, -0.2) is 25.5 Å². The fraction of sp³-hybridized carbons (Fsp3) is 0.562. The molecule has 1 aromatic carbocycles. The summed E-state index contributed by atoms with van der Waals surface area (Å²) in [6.07, 6.45) is 2.58. The highest BCUT2D eigenvalue weighted by Gasteiger charge is 2.14. The second-order valence-electron chi connectivity index (χ2n) is 5.65. The van der Waals surface area contributed by atoms with Crippen LogP contribution in [0.4, 0.5) is 5.69 Å². The first-order valence-corrected chi connectivity index (χ1v) is 7.47. The van der Waals surface area contributed by atoms with Crippen LogP contribution in [-0.2, 0) is 4.79 Å².